The second kappa shape index (κ2) is 5.45. The number of alkyl halides is 2. The minimum Gasteiger partial charge on any atom is -0.485 e. The Labute approximate surface area is 122 Å². The molecule has 0 saturated carbocycles. The van der Waals surface area contributed by atoms with E-state index in [0.29, 0.717) is 17.7 Å². The van der Waals surface area contributed by atoms with E-state index >= 15 is 0 Å². The van der Waals surface area contributed by atoms with Gasteiger partial charge in [0.15, 0.2) is 0 Å². The van der Waals surface area contributed by atoms with Crippen LogP contribution in [-0.2, 0) is 0 Å². The van der Waals surface area contributed by atoms with Crippen LogP contribution in [0.25, 0.3) is 0 Å². The van der Waals surface area contributed by atoms with Crippen LogP contribution >= 0.6 is 0 Å². The Morgan fingerprint density at radius 3 is 2.76 bits per heavy atom. The van der Waals surface area contributed by atoms with Gasteiger partial charge in [-0.2, -0.15) is 0 Å². The molecule has 2 atom stereocenters. The normalized spacial score (nSPS) is 21.0. The number of aliphatic hydroxyl groups is 1. The summed E-state index contributed by atoms with van der Waals surface area (Å²) in [5, 5.41) is 10.3. The fourth-order valence-electron chi connectivity index (χ4n) is 2.67. The van der Waals surface area contributed by atoms with E-state index in [-0.39, 0.29) is 5.56 Å². The minimum atomic E-state index is -2.51. The number of fused-ring (bicyclic) bond motifs is 1. The van der Waals surface area contributed by atoms with Crippen LogP contribution in [0.1, 0.15) is 47.3 Å². The van der Waals surface area contributed by atoms with Gasteiger partial charge in [0, 0.05) is 17.5 Å². The highest BCUT2D eigenvalue weighted by molar-refractivity contribution is 5.41. The summed E-state index contributed by atoms with van der Waals surface area (Å²) < 4.78 is 31.4. The van der Waals surface area contributed by atoms with Gasteiger partial charge in [0.1, 0.15) is 11.9 Å². The maximum Gasteiger partial charge on any atom is 0.263 e. The summed E-state index contributed by atoms with van der Waals surface area (Å²) in [5.41, 5.74) is 2.45. The molecule has 0 amide bonds. The number of hydrogen-bond acceptors (Lipinski definition) is 2. The lowest BCUT2D eigenvalue weighted by Crippen LogP contribution is -2.19. The van der Waals surface area contributed by atoms with Gasteiger partial charge in [-0.1, -0.05) is 29.8 Å². The molecule has 1 aliphatic heterocycles. The van der Waals surface area contributed by atoms with Crippen LogP contribution in [-0.4, -0.2) is 5.11 Å². The summed E-state index contributed by atoms with van der Waals surface area (Å²) >= 11 is 0. The van der Waals surface area contributed by atoms with E-state index in [0.717, 1.165) is 11.1 Å². The molecule has 1 N–H and O–H groups in total. The molecule has 0 bridgehead atoms. The Hall–Kier alpha value is -1.94. The van der Waals surface area contributed by atoms with E-state index in [1.54, 1.807) is 12.1 Å². The van der Waals surface area contributed by atoms with Crippen LogP contribution in [0.5, 0.6) is 5.75 Å². The Bertz CT molecular complexity index is 655. The molecule has 110 valence electrons. The third kappa shape index (κ3) is 2.76. The largest absolute Gasteiger partial charge is 0.485 e. The Kier molecular flexibility index (Phi) is 3.64. The molecule has 2 nitrogen and oxygen atoms in total. The van der Waals surface area contributed by atoms with Gasteiger partial charge in [-0.3, -0.25) is 0 Å². The van der Waals surface area contributed by atoms with Crippen molar-refractivity contribution in [1.82, 2.24) is 0 Å². The third-order valence-electron chi connectivity index (χ3n) is 3.77. The summed E-state index contributed by atoms with van der Waals surface area (Å²) in [6.07, 6.45) is -3.19. The summed E-state index contributed by atoms with van der Waals surface area (Å²) in [6, 6.07) is 11.8. The van der Waals surface area contributed by atoms with E-state index in [1.165, 1.54) is 12.1 Å². The lowest BCUT2D eigenvalue weighted by molar-refractivity contribution is 0.0654. The number of halogens is 2. The third-order valence-corrected chi connectivity index (χ3v) is 3.77. The number of aliphatic hydroxyl groups excluding tert-OH is 1. The van der Waals surface area contributed by atoms with Crippen LogP contribution < -0.4 is 4.74 Å². The predicted octanol–water partition coefficient (Wildman–Crippen LogP) is 4.49. The number of aryl methyl sites for hydroxylation is 1. The maximum absolute atomic E-state index is 12.8. The van der Waals surface area contributed by atoms with E-state index in [9.17, 15) is 13.9 Å². The van der Waals surface area contributed by atoms with Crippen molar-refractivity contribution in [1.29, 1.82) is 0 Å². The van der Waals surface area contributed by atoms with Crippen LogP contribution in [0.2, 0.25) is 0 Å². The lowest BCUT2D eigenvalue weighted by Gasteiger charge is -2.30. The molecule has 0 spiro atoms. The fourth-order valence-corrected chi connectivity index (χ4v) is 2.67. The molecule has 0 saturated heterocycles. The van der Waals surface area contributed by atoms with Crippen molar-refractivity contribution in [2.45, 2.75) is 32.0 Å². The van der Waals surface area contributed by atoms with E-state index in [2.05, 4.69) is 0 Å². The highest BCUT2D eigenvalue weighted by atomic mass is 19.3. The molecule has 0 fully saturated rings. The summed E-state index contributed by atoms with van der Waals surface area (Å²) in [7, 11) is 0. The Morgan fingerprint density at radius 2 is 2.00 bits per heavy atom. The van der Waals surface area contributed by atoms with Crippen LogP contribution in [0.3, 0.4) is 0 Å². The summed E-state index contributed by atoms with van der Waals surface area (Å²) in [4.78, 5) is 0. The second-order valence-corrected chi connectivity index (χ2v) is 5.37. The first kappa shape index (κ1) is 14.0. The first-order valence-corrected chi connectivity index (χ1v) is 6.88. The van der Waals surface area contributed by atoms with Gasteiger partial charge in [-0.25, -0.2) is 8.78 Å². The standard InChI is InChI=1S/C17H16F2O2/c1-10-5-6-15-13(7-10)14(20)9-16(21-15)11-3-2-4-12(8-11)17(18)19/h2-8,14,16-17,20H,9H2,1H3/t14-,16?/m0/s1. The van der Waals surface area contributed by atoms with Gasteiger partial charge < -0.3 is 9.84 Å². The Balaban J connectivity index is 1.92. The summed E-state index contributed by atoms with van der Waals surface area (Å²) in [6.45, 7) is 1.95. The van der Waals surface area contributed by atoms with E-state index in [4.69, 9.17) is 4.74 Å². The molecular formula is C17H16F2O2. The van der Waals surface area contributed by atoms with Crippen LogP contribution in [0.4, 0.5) is 8.78 Å². The number of rotatable bonds is 2. The maximum atomic E-state index is 12.8. The molecule has 1 unspecified atom stereocenters. The molecule has 4 heteroatoms. The average molecular weight is 290 g/mol. The number of hydrogen-bond donors (Lipinski definition) is 1. The van der Waals surface area contributed by atoms with E-state index in [1.807, 2.05) is 25.1 Å². The minimum absolute atomic E-state index is 0.0275. The van der Waals surface area contributed by atoms with Gasteiger partial charge in [0.05, 0.1) is 6.10 Å². The van der Waals surface area contributed by atoms with Crippen molar-refractivity contribution in [2.24, 2.45) is 0 Å². The lowest BCUT2D eigenvalue weighted by atomic mass is 9.93. The SMILES string of the molecule is Cc1ccc2c(c1)[C@@H](O)CC(c1cccc(C(F)F)c1)O2. The van der Waals surface area contributed by atoms with Crippen molar-refractivity contribution in [3.8, 4) is 5.75 Å². The van der Waals surface area contributed by atoms with E-state index < -0.39 is 18.6 Å². The molecule has 1 heterocycles. The topological polar surface area (TPSA) is 29.5 Å². The van der Waals surface area contributed by atoms with Crippen molar-refractivity contribution < 1.29 is 18.6 Å². The molecule has 1 aliphatic rings. The molecule has 0 radical (unpaired) electrons. The molecule has 2 aromatic carbocycles. The van der Waals surface area contributed by atoms with Crippen LogP contribution in [0, 0.1) is 6.92 Å². The van der Waals surface area contributed by atoms with Gasteiger partial charge in [0.2, 0.25) is 0 Å². The highest BCUT2D eigenvalue weighted by Crippen LogP contribution is 2.41. The van der Waals surface area contributed by atoms with Crippen molar-refractivity contribution in [3.05, 3.63) is 64.7 Å². The molecule has 3 rings (SSSR count). The second-order valence-electron chi connectivity index (χ2n) is 5.37. The van der Waals surface area contributed by atoms with Crippen molar-refractivity contribution in [3.63, 3.8) is 0 Å². The smallest absolute Gasteiger partial charge is 0.263 e. The average Bonchev–Trinajstić information content (AvgIpc) is 2.48. The first-order valence-electron chi connectivity index (χ1n) is 6.88. The van der Waals surface area contributed by atoms with Gasteiger partial charge >= 0.3 is 0 Å². The molecule has 2 aromatic rings. The zero-order chi connectivity index (χ0) is 15.0. The summed E-state index contributed by atoms with van der Waals surface area (Å²) in [5.74, 6) is 0.617. The number of ether oxygens (including phenoxy) is 1. The highest BCUT2D eigenvalue weighted by Gasteiger charge is 2.28. The number of benzene rings is 2. The first-order chi connectivity index (χ1) is 10.0. The molecule has 21 heavy (non-hydrogen) atoms. The van der Waals surface area contributed by atoms with Gasteiger partial charge in [0.25, 0.3) is 6.43 Å². The fraction of sp³-hybridized carbons (Fsp3) is 0.294. The Morgan fingerprint density at radius 1 is 1.19 bits per heavy atom. The molecule has 0 aliphatic carbocycles. The predicted molar refractivity (Wildman–Crippen MR) is 75.5 cm³/mol. The zero-order valence-corrected chi connectivity index (χ0v) is 11.6. The monoisotopic (exact) mass is 290 g/mol. The van der Waals surface area contributed by atoms with Gasteiger partial charge in [-0.05, 0) is 30.7 Å². The molecular weight excluding hydrogens is 274 g/mol. The van der Waals surface area contributed by atoms with Crippen molar-refractivity contribution >= 4 is 0 Å². The quantitative estimate of drug-likeness (QED) is 0.883. The van der Waals surface area contributed by atoms with Crippen LogP contribution in [0.15, 0.2) is 42.5 Å². The molecule has 0 aromatic heterocycles. The zero-order valence-electron chi connectivity index (χ0n) is 11.6. The van der Waals surface area contributed by atoms with Crippen molar-refractivity contribution in [2.75, 3.05) is 0 Å². The van der Waals surface area contributed by atoms with Gasteiger partial charge in [-0.15, -0.1) is 0 Å².